The zero-order chi connectivity index (χ0) is 36.3. The molecule has 0 spiro atoms. The van der Waals surface area contributed by atoms with Crippen LogP contribution in [0.5, 0.6) is 0 Å². The maximum absolute atomic E-state index is 13.6. The summed E-state index contributed by atoms with van der Waals surface area (Å²) in [6.45, 7) is 7.09. The van der Waals surface area contributed by atoms with Crippen LogP contribution in [0.15, 0.2) is 67.2 Å². The van der Waals surface area contributed by atoms with Crippen LogP contribution >= 0.6 is 0 Å². The van der Waals surface area contributed by atoms with E-state index in [4.69, 9.17) is 0 Å². The molecule has 0 saturated carbocycles. The van der Waals surface area contributed by atoms with Gasteiger partial charge in [0, 0.05) is 52.0 Å². The highest BCUT2D eigenvalue weighted by molar-refractivity contribution is 5.94. The molecular formula is C40H47N9O2. The van der Waals surface area contributed by atoms with Crippen molar-refractivity contribution in [1.82, 2.24) is 40.6 Å². The highest BCUT2D eigenvalue weighted by atomic mass is 16.2. The van der Waals surface area contributed by atoms with Crippen LogP contribution in [0.3, 0.4) is 0 Å². The van der Waals surface area contributed by atoms with Crippen molar-refractivity contribution in [2.75, 3.05) is 41.3 Å². The number of amides is 2. The minimum atomic E-state index is -0.878. The van der Waals surface area contributed by atoms with E-state index < -0.39 is 11.5 Å². The predicted molar refractivity (Wildman–Crippen MR) is 197 cm³/mol. The summed E-state index contributed by atoms with van der Waals surface area (Å²) in [5.74, 6) is 0.443. The van der Waals surface area contributed by atoms with E-state index in [0.29, 0.717) is 43.6 Å². The van der Waals surface area contributed by atoms with Crippen LogP contribution in [0.25, 0.3) is 5.70 Å². The average Bonchev–Trinajstić information content (AvgIpc) is 3.83. The molecule has 11 heteroatoms. The Kier molecular flexibility index (Phi) is 10.3. The van der Waals surface area contributed by atoms with E-state index in [1.165, 1.54) is 5.56 Å². The van der Waals surface area contributed by atoms with Crippen molar-refractivity contribution in [3.63, 3.8) is 0 Å². The van der Waals surface area contributed by atoms with E-state index in [9.17, 15) is 14.9 Å². The van der Waals surface area contributed by atoms with Gasteiger partial charge in [0.05, 0.1) is 18.0 Å². The number of likely N-dealkylation sites (tertiary alicyclic amines) is 1. The lowest BCUT2D eigenvalue weighted by Gasteiger charge is -2.38. The molecule has 11 nitrogen and oxygen atoms in total. The Balaban J connectivity index is 1.51. The van der Waals surface area contributed by atoms with E-state index in [1.54, 1.807) is 23.9 Å². The number of carbonyl (C=O) groups is 2. The second kappa shape index (κ2) is 14.9. The van der Waals surface area contributed by atoms with Gasteiger partial charge in [0.25, 0.3) is 5.91 Å². The Morgan fingerprint density at radius 3 is 2.29 bits per heavy atom. The Morgan fingerprint density at radius 2 is 1.69 bits per heavy atom. The smallest absolute Gasteiger partial charge is 0.253 e. The van der Waals surface area contributed by atoms with Gasteiger partial charge in [0.15, 0.2) is 5.82 Å². The molecule has 1 fully saturated rings. The number of H-pyrrole nitrogens is 1. The monoisotopic (exact) mass is 685 g/mol. The fraction of sp³-hybridized carbons (Fsp3) is 0.400. The van der Waals surface area contributed by atoms with Crippen molar-refractivity contribution in [1.29, 1.82) is 5.26 Å². The summed E-state index contributed by atoms with van der Waals surface area (Å²) in [6.07, 6.45) is 4.10. The molecule has 3 aromatic carbocycles. The summed E-state index contributed by atoms with van der Waals surface area (Å²) in [7, 11) is 7.50. The zero-order valence-electron chi connectivity index (χ0n) is 30.2. The van der Waals surface area contributed by atoms with Crippen LogP contribution in [0.1, 0.15) is 74.4 Å². The number of fused-ring (bicyclic) bond motifs is 2. The molecule has 3 atom stereocenters. The number of tetrazole rings is 1. The molecule has 264 valence electrons. The minimum absolute atomic E-state index is 0.0638. The van der Waals surface area contributed by atoms with Crippen LogP contribution in [0.2, 0.25) is 0 Å². The first-order valence-corrected chi connectivity index (χ1v) is 17.6. The number of nitrogens with one attached hydrogen (secondary N) is 2. The summed E-state index contributed by atoms with van der Waals surface area (Å²) in [5.41, 5.74) is 8.23. The van der Waals surface area contributed by atoms with Crippen molar-refractivity contribution in [3.05, 3.63) is 118 Å². The maximum Gasteiger partial charge on any atom is 0.253 e. The van der Waals surface area contributed by atoms with E-state index in [2.05, 4.69) is 94.0 Å². The van der Waals surface area contributed by atoms with Crippen molar-refractivity contribution in [3.8, 4) is 6.07 Å². The largest absolute Gasteiger partial charge is 0.378 e. The summed E-state index contributed by atoms with van der Waals surface area (Å²) < 4.78 is 0. The first-order chi connectivity index (χ1) is 24.5. The summed E-state index contributed by atoms with van der Waals surface area (Å²) in [6, 6.07) is 22.6. The fourth-order valence-corrected chi connectivity index (χ4v) is 7.72. The van der Waals surface area contributed by atoms with Crippen LogP contribution < -0.4 is 5.32 Å². The fourth-order valence-electron chi connectivity index (χ4n) is 7.72. The molecule has 2 N–H and O–H groups in total. The van der Waals surface area contributed by atoms with E-state index in [1.807, 2.05) is 31.1 Å². The van der Waals surface area contributed by atoms with Crippen molar-refractivity contribution in [2.45, 2.75) is 62.9 Å². The number of carbonyl (C=O) groups excluding carboxylic acids is 2. The van der Waals surface area contributed by atoms with Gasteiger partial charge >= 0.3 is 0 Å². The molecule has 0 bridgehead atoms. The molecule has 51 heavy (non-hydrogen) atoms. The lowest BCUT2D eigenvalue weighted by molar-refractivity contribution is -0.130. The molecule has 1 aliphatic carbocycles. The summed E-state index contributed by atoms with van der Waals surface area (Å²) in [5, 5.41) is 29.3. The van der Waals surface area contributed by atoms with Gasteiger partial charge in [0.1, 0.15) is 6.04 Å². The van der Waals surface area contributed by atoms with Crippen LogP contribution in [-0.2, 0) is 29.5 Å². The molecule has 1 aliphatic heterocycles. The molecule has 2 amide bonds. The lowest BCUT2D eigenvalue weighted by Crippen LogP contribution is -2.47. The molecule has 1 saturated heterocycles. The molecule has 4 aromatic rings. The number of benzene rings is 3. The number of hydrogen-bond donors (Lipinski definition) is 2. The van der Waals surface area contributed by atoms with E-state index >= 15 is 0 Å². The quantitative estimate of drug-likeness (QED) is 0.239. The van der Waals surface area contributed by atoms with Gasteiger partial charge in [0.2, 0.25) is 5.91 Å². The Hall–Kier alpha value is -5.34. The van der Waals surface area contributed by atoms with Crippen molar-refractivity contribution >= 4 is 17.5 Å². The Bertz CT molecular complexity index is 1870. The summed E-state index contributed by atoms with van der Waals surface area (Å²) >= 11 is 0. The highest BCUT2D eigenvalue weighted by Gasteiger charge is 2.46. The van der Waals surface area contributed by atoms with Crippen molar-refractivity contribution in [2.24, 2.45) is 0 Å². The van der Waals surface area contributed by atoms with E-state index in [0.717, 1.165) is 51.9 Å². The van der Waals surface area contributed by atoms with Crippen LogP contribution in [-0.4, -0.2) is 101 Å². The molecular weight excluding hydrogens is 639 g/mol. The van der Waals surface area contributed by atoms with Gasteiger partial charge in [-0.05, 0) is 107 Å². The molecule has 2 heterocycles. The molecule has 2 unspecified atom stereocenters. The third kappa shape index (κ3) is 7.14. The first kappa shape index (κ1) is 35.5. The number of hydrogen-bond acceptors (Lipinski definition) is 8. The van der Waals surface area contributed by atoms with Gasteiger partial charge in [-0.3, -0.25) is 9.59 Å². The highest BCUT2D eigenvalue weighted by Crippen LogP contribution is 2.47. The maximum atomic E-state index is 13.6. The predicted octanol–water partition coefficient (Wildman–Crippen LogP) is 4.28. The van der Waals surface area contributed by atoms with Crippen LogP contribution in [0.4, 0.5) is 0 Å². The number of nitriles is 1. The number of aromatic amines is 1. The van der Waals surface area contributed by atoms with Gasteiger partial charge in [-0.25, -0.2) is 5.10 Å². The number of nitrogens with zero attached hydrogens (tertiary/aromatic N) is 7. The standard InChI is InChI=1S/C40H47N9O2/c1-26-9-11-28(12-10-26)20-33(42-25-37(50)49-19-7-8-34(49)24-41)23-40(39-43-45-46-44-39)35-17-15-29(27(2)47(3)4)21-30(35)13-14-31-22-32(16-18-36(31)40)38(51)48(5)6/h9-12,15-18,21-22,33-34,42H,2,7-8,13-14,19-20,23,25H2,1,3-6H3,(H,43,44,45,46)/t33-,34?,40?/m0/s1. The Morgan fingerprint density at radius 1 is 1.02 bits per heavy atom. The van der Waals surface area contributed by atoms with Crippen LogP contribution in [0, 0.1) is 18.3 Å². The molecule has 2 aliphatic rings. The normalized spacial score (nSPS) is 18.6. The Labute approximate surface area is 300 Å². The van der Waals surface area contributed by atoms with Gasteiger partial charge in [-0.15, -0.1) is 5.10 Å². The lowest BCUT2D eigenvalue weighted by atomic mass is 9.67. The zero-order valence-corrected chi connectivity index (χ0v) is 30.2. The summed E-state index contributed by atoms with van der Waals surface area (Å²) in [4.78, 5) is 32.1. The van der Waals surface area contributed by atoms with Gasteiger partial charge in [-0.1, -0.05) is 54.6 Å². The number of rotatable bonds is 11. The first-order valence-electron chi connectivity index (χ1n) is 17.6. The second-order valence-corrected chi connectivity index (χ2v) is 14.3. The molecule has 6 rings (SSSR count). The van der Waals surface area contributed by atoms with Gasteiger partial charge < -0.3 is 20.0 Å². The SMILES string of the molecule is C=C(c1ccc2c(c1)CCc1cc(C(=O)N(C)C)ccc1C2(C[C@H](Cc1ccc(C)cc1)NCC(=O)N1CCCC1C#N)c1nnn[nH]1)N(C)C. The topological polar surface area (TPSA) is 134 Å². The third-order valence-electron chi connectivity index (χ3n) is 10.5. The van der Waals surface area contributed by atoms with Gasteiger partial charge in [-0.2, -0.15) is 5.26 Å². The number of aromatic nitrogens is 4. The van der Waals surface area contributed by atoms with Crippen molar-refractivity contribution < 1.29 is 9.59 Å². The van der Waals surface area contributed by atoms with E-state index in [-0.39, 0.29) is 24.4 Å². The average molecular weight is 686 g/mol. The molecule has 1 aromatic heterocycles. The minimum Gasteiger partial charge on any atom is -0.378 e. The molecule has 0 radical (unpaired) electrons. The second-order valence-electron chi connectivity index (χ2n) is 14.3. The third-order valence-corrected chi connectivity index (χ3v) is 10.5. The number of aryl methyl sites for hydroxylation is 3.